The van der Waals surface area contributed by atoms with Crippen molar-refractivity contribution in [2.24, 2.45) is 0 Å². The van der Waals surface area contributed by atoms with Gasteiger partial charge in [0.25, 0.3) is 0 Å². The molecule has 0 spiro atoms. The van der Waals surface area contributed by atoms with Gasteiger partial charge in [0.15, 0.2) is 0 Å². The number of hydrogen-bond acceptors (Lipinski definition) is 5. The lowest BCUT2D eigenvalue weighted by molar-refractivity contribution is 0.266. The fourth-order valence-electron chi connectivity index (χ4n) is 1.88. The maximum atomic E-state index is 9.23. The molecule has 0 radical (unpaired) electrons. The minimum atomic E-state index is 0.149. The average molecular weight is 273 g/mol. The first-order chi connectivity index (χ1) is 7.24. The third kappa shape index (κ3) is 1.91. The number of halogens is 1. The number of rotatable bonds is 2. The molecule has 0 aliphatic carbocycles. The highest BCUT2D eigenvalue weighted by Crippen LogP contribution is 2.32. The maximum Gasteiger partial charge on any atom is 0.148 e. The first kappa shape index (κ1) is 10.6. The number of aliphatic hydroxyl groups is 1. The van der Waals surface area contributed by atoms with Crippen molar-refractivity contribution < 1.29 is 5.11 Å². The molecule has 0 aromatic carbocycles. The van der Waals surface area contributed by atoms with Crippen LogP contribution < -0.4 is 10.6 Å². The van der Waals surface area contributed by atoms with Gasteiger partial charge in [0.05, 0.1) is 12.6 Å². The summed E-state index contributed by atoms with van der Waals surface area (Å²) in [6.45, 7) is 1.05. The molecule has 1 aliphatic heterocycles. The second-order valence-corrected chi connectivity index (χ2v) is 4.36. The van der Waals surface area contributed by atoms with E-state index in [9.17, 15) is 5.11 Å². The molecule has 1 saturated heterocycles. The van der Waals surface area contributed by atoms with E-state index in [1.807, 2.05) is 0 Å². The van der Waals surface area contributed by atoms with E-state index in [4.69, 9.17) is 5.73 Å². The second kappa shape index (κ2) is 4.32. The Hall–Kier alpha value is -0.880. The number of nitrogen functional groups attached to an aromatic ring is 1. The average Bonchev–Trinajstić information content (AvgIpc) is 2.70. The van der Waals surface area contributed by atoms with E-state index in [1.165, 1.54) is 6.33 Å². The van der Waals surface area contributed by atoms with E-state index in [0.29, 0.717) is 10.3 Å². The van der Waals surface area contributed by atoms with Gasteiger partial charge in [-0.05, 0) is 28.8 Å². The molecular formula is C9H13BrN4O. The van der Waals surface area contributed by atoms with Crippen molar-refractivity contribution in [3.05, 3.63) is 10.8 Å². The molecule has 1 fully saturated rings. The Balaban J connectivity index is 2.32. The van der Waals surface area contributed by atoms with E-state index in [1.54, 1.807) is 0 Å². The molecule has 1 aromatic rings. The normalized spacial score (nSPS) is 20.9. The molecule has 82 valence electrons. The number of aromatic nitrogens is 2. The van der Waals surface area contributed by atoms with Crippen LogP contribution in [0.3, 0.4) is 0 Å². The van der Waals surface area contributed by atoms with Gasteiger partial charge in [-0.3, -0.25) is 0 Å². The predicted octanol–water partition coefficient (Wildman–Crippen LogP) is 0.782. The lowest BCUT2D eigenvalue weighted by atomic mass is 10.2. The number of aliphatic hydroxyl groups excluding tert-OH is 1. The van der Waals surface area contributed by atoms with Gasteiger partial charge in [0, 0.05) is 6.54 Å². The first-order valence-electron chi connectivity index (χ1n) is 4.87. The van der Waals surface area contributed by atoms with Crippen molar-refractivity contribution in [1.82, 2.24) is 9.97 Å². The fourth-order valence-corrected chi connectivity index (χ4v) is 2.31. The highest BCUT2D eigenvalue weighted by molar-refractivity contribution is 9.10. The SMILES string of the molecule is Nc1ncnc(N2CCCC2CO)c1Br. The zero-order valence-electron chi connectivity index (χ0n) is 8.23. The second-order valence-electron chi connectivity index (χ2n) is 3.57. The summed E-state index contributed by atoms with van der Waals surface area (Å²) in [5.41, 5.74) is 5.69. The molecule has 0 amide bonds. The number of anilines is 2. The Morgan fingerprint density at radius 2 is 2.40 bits per heavy atom. The van der Waals surface area contributed by atoms with Crippen LogP contribution in [0.25, 0.3) is 0 Å². The lowest BCUT2D eigenvalue weighted by Crippen LogP contribution is -2.33. The van der Waals surface area contributed by atoms with Crippen LogP contribution in [0.15, 0.2) is 10.8 Å². The first-order valence-corrected chi connectivity index (χ1v) is 5.67. The van der Waals surface area contributed by atoms with Crippen LogP contribution in [-0.4, -0.2) is 34.3 Å². The monoisotopic (exact) mass is 272 g/mol. The van der Waals surface area contributed by atoms with Gasteiger partial charge in [-0.15, -0.1) is 0 Å². The van der Waals surface area contributed by atoms with Gasteiger partial charge >= 0.3 is 0 Å². The summed E-state index contributed by atoms with van der Waals surface area (Å²) in [5.74, 6) is 1.21. The van der Waals surface area contributed by atoms with E-state index in [-0.39, 0.29) is 12.6 Å². The van der Waals surface area contributed by atoms with Crippen molar-refractivity contribution in [2.75, 3.05) is 23.8 Å². The number of hydrogen-bond donors (Lipinski definition) is 2. The topological polar surface area (TPSA) is 75.3 Å². The van der Waals surface area contributed by atoms with Crippen LogP contribution in [0.1, 0.15) is 12.8 Å². The Morgan fingerprint density at radius 3 is 3.13 bits per heavy atom. The lowest BCUT2D eigenvalue weighted by Gasteiger charge is -2.24. The fraction of sp³-hybridized carbons (Fsp3) is 0.556. The van der Waals surface area contributed by atoms with Crippen LogP contribution in [0.2, 0.25) is 0 Å². The predicted molar refractivity (Wildman–Crippen MR) is 61.6 cm³/mol. The minimum Gasteiger partial charge on any atom is -0.394 e. The molecule has 0 bridgehead atoms. The summed E-state index contributed by atoms with van der Waals surface area (Å²) < 4.78 is 0.713. The van der Waals surface area contributed by atoms with Crippen molar-refractivity contribution >= 4 is 27.6 Å². The molecule has 1 unspecified atom stereocenters. The molecule has 1 aromatic heterocycles. The zero-order valence-corrected chi connectivity index (χ0v) is 9.81. The number of nitrogens with zero attached hydrogens (tertiary/aromatic N) is 3. The highest BCUT2D eigenvalue weighted by Gasteiger charge is 2.27. The van der Waals surface area contributed by atoms with E-state index in [2.05, 4.69) is 30.8 Å². The molecule has 5 nitrogen and oxygen atoms in total. The zero-order chi connectivity index (χ0) is 10.8. The summed E-state index contributed by atoms with van der Waals surface area (Å²) in [7, 11) is 0. The summed E-state index contributed by atoms with van der Waals surface area (Å²) in [6, 6.07) is 0.149. The van der Waals surface area contributed by atoms with Crippen LogP contribution >= 0.6 is 15.9 Å². The van der Waals surface area contributed by atoms with Crippen molar-refractivity contribution in [2.45, 2.75) is 18.9 Å². The van der Waals surface area contributed by atoms with Crippen molar-refractivity contribution in [1.29, 1.82) is 0 Å². The smallest absolute Gasteiger partial charge is 0.148 e. The molecule has 0 saturated carbocycles. The van der Waals surface area contributed by atoms with Crippen LogP contribution in [-0.2, 0) is 0 Å². The van der Waals surface area contributed by atoms with Gasteiger partial charge in [0.2, 0.25) is 0 Å². The van der Waals surface area contributed by atoms with Gasteiger partial charge in [0.1, 0.15) is 22.4 Å². The van der Waals surface area contributed by atoms with Crippen LogP contribution in [0.5, 0.6) is 0 Å². The maximum absolute atomic E-state index is 9.23. The standard InChI is InChI=1S/C9H13BrN4O/c10-7-8(11)12-5-13-9(7)14-3-1-2-6(14)4-15/h5-6,15H,1-4H2,(H2,11,12,13). The molecule has 1 aliphatic rings. The van der Waals surface area contributed by atoms with Gasteiger partial charge < -0.3 is 15.7 Å². The van der Waals surface area contributed by atoms with Crippen molar-refractivity contribution in [3.8, 4) is 0 Å². The summed E-state index contributed by atoms with van der Waals surface area (Å²) in [5, 5.41) is 9.23. The molecular weight excluding hydrogens is 260 g/mol. The summed E-state index contributed by atoms with van der Waals surface area (Å²) in [4.78, 5) is 10.2. The van der Waals surface area contributed by atoms with Gasteiger partial charge in [-0.25, -0.2) is 9.97 Å². The third-order valence-electron chi connectivity index (χ3n) is 2.66. The Kier molecular flexibility index (Phi) is 3.06. The quantitative estimate of drug-likeness (QED) is 0.833. The van der Waals surface area contributed by atoms with Gasteiger partial charge in [-0.1, -0.05) is 0 Å². The largest absolute Gasteiger partial charge is 0.394 e. The Bertz CT molecular complexity index is 360. The van der Waals surface area contributed by atoms with E-state index >= 15 is 0 Å². The Morgan fingerprint density at radius 1 is 1.60 bits per heavy atom. The van der Waals surface area contributed by atoms with Gasteiger partial charge in [-0.2, -0.15) is 0 Å². The molecule has 3 N–H and O–H groups in total. The number of nitrogens with two attached hydrogens (primary N) is 1. The third-order valence-corrected chi connectivity index (χ3v) is 3.42. The Labute approximate surface area is 96.5 Å². The summed E-state index contributed by atoms with van der Waals surface area (Å²) in [6.07, 6.45) is 3.51. The summed E-state index contributed by atoms with van der Waals surface area (Å²) >= 11 is 3.37. The molecule has 6 heteroatoms. The van der Waals surface area contributed by atoms with Crippen LogP contribution in [0.4, 0.5) is 11.6 Å². The molecule has 2 rings (SSSR count). The minimum absolute atomic E-state index is 0.149. The highest BCUT2D eigenvalue weighted by atomic mass is 79.9. The molecule has 15 heavy (non-hydrogen) atoms. The van der Waals surface area contributed by atoms with E-state index < -0.39 is 0 Å². The van der Waals surface area contributed by atoms with E-state index in [0.717, 1.165) is 25.2 Å². The van der Waals surface area contributed by atoms with Crippen molar-refractivity contribution in [3.63, 3.8) is 0 Å². The molecule has 1 atom stereocenters. The van der Waals surface area contributed by atoms with Crippen LogP contribution in [0, 0.1) is 0 Å². The molecule has 2 heterocycles.